The van der Waals surface area contributed by atoms with Gasteiger partial charge in [-0.2, -0.15) is 17.5 Å². The molecule has 0 atom stereocenters. The van der Waals surface area contributed by atoms with Crippen LogP contribution in [0.3, 0.4) is 0 Å². The Morgan fingerprint density at radius 1 is 1.37 bits per heavy atom. The van der Waals surface area contributed by atoms with Crippen LogP contribution in [-0.4, -0.2) is 25.9 Å². The van der Waals surface area contributed by atoms with Gasteiger partial charge in [0.05, 0.1) is 0 Å². The molecule has 2 heterocycles. The number of halogens is 3. The van der Waals surface area contributed by atoms with Gasteiger partial charge in [0.1, 0.15) is 17.2 Å². The van der Waals surface area contributed by atoms with Gasteiger partial charge in [-0.3, -0.25) is 0 Å². The van der Waals surface area contributed by atoms with Crippen molar-refractivity contribution in [2.45, 2.75) is 22.5 Å². The molecule has 0 aliphatic carbocycles. The lowest BCUT2D eigenvalue weighted by molar-refractivity contribution is -0.145. The van der Waals surface area contributed by atoms with Gasteiger partial charge in [0, 0.05) is 12.6 Å². The molecule has 0 fully saturated rings. The second-order valence-corrected chi connectivity index (χ2v) is 5.30. The van der Waals surface area contributed by atoms with Crippen molar-refractivity contribution >= 4 is 29.1 Å². The summed E-state index contributed by atoms with van der Waals surface area (Å²) in [7, 11) is 0. The maximum atomic E-state index is 12.7. The molecular formula is C9H8F3N5S2. The highest BCUT2D eigenvalue weighted by atomic mass is 32.2. The standard InChI is InChI=1S/C9H8F3N5S2/c1-2-13-5-3-6(18-8-14-4-15-19-8)17-7(16-5)9(10,11)12/h3-4H,2H2,1H3,(H,13,16,17). The Labute approximate surface area is 114 Å². The minimum absolute atomic E-state index is 0.136. The number of nitrogens with zero attached hydrogens (tertiary/aromatic N) is 4. The molecule has 0 amide bonds. The van der Waals surface area contributed by atoms with Crippen LogP contribution in [0.15, 0.2) is 21.8 Å². The molecule has 0 radical (unpaired) electrons. The summed E-state index contributed by atoms with van der Waals surface area (Å²) in [5.41, 5.74) is 0. The average Bonchev–Trinajstić information content (AvgIpc) is 2.81. The molecule has 0 bridgehead atoms. The van der Waals surface area contributed by atoms with Crippen molar-refractivity contribution in [3.05, 3.63) is 18.2 Å². The van der Waals surface area contributed by atoms with E-state index in [2.05, 4.69) is 24.6 Å². The van der Waals surface area contributed by atoms with E-state index in [9.17, 15) is 13.2 Å². The predicted molar refractivity (Wildman–Crippen MR) is 65.2 cm³/mol. The van der Waals surface area contributed by atoms with Gasteiger partial charge in [0.25, 0.3) is 0 Å². The molecule has 0 saturated carbocycles. The predicted octanol–water partition coefficient (Wildman–Crippen LogP) is 2.93. The zero-order valence-electron chi connectivity index (χ0n) is 9.60. The minimum atomic E-state index is -4.58. The van der Waals surface area contributed by atoms with Gasteiger partial charge in [0.2, 0.25) is 5.82 Å². The van der Waals surface area contributed by atoms with E-state index in [4.69, 9.17) is 0 Å². The fourth-order valence-electron chi connectivity index (χ4n) is 1.17. The van der Waals surface area contributed by atoms with Crippen molar-refractivity contribution in [2.24, 2.45) is 0 Å². The summed E-state index contributed by atoms with van der Waals surface area (Å²) in [6, 6.07) is 1.45. The van der Waals surface area contributed by atoms with Crippen molar-refractivity contribution in [3.63, 3.8) is 0 Å². The topological polar surface area (TPSA) is 63.6 Å². The SMILES string of the molecule is CCNc1cc(Sc2ncns2)nc(C(F)(F)F)n1. The summed E-state index contributed by atoms with van der Waals surface area (Å²) in [4.78, 5) is 10.8. The fourth-order valence-corrected chi connectivity index (χ4v) is 2.57. The Morgan fingerprint density at radius 2 is 2.16 bits per heavy atom. The number of hydrogen-bond acceptors (Lipinski definition) is 7. The molecule has 2 aromatic heterocycles. The molecule has 10 heteroatoms. The van der Waals surface area contributed by atoms with Crippen LogP contribution < -0.4 is 5.32 Å². The lowest BCUT2D eigenvalue weighted by Crippen LogP contribution is -2.13. The third-order valence-electron chi connectivity index (χ3n) is 1.85. The quantitative estimate of drug-likeness (QED) is 0.876. The van der Waals surface area contributed by atoms with Crippen molar-refractivity contribution in [2.75, 3.05) is 11.9 Å². The maximum Gasteiger partial charge on any atom is 0.451 e. The Morgan fingerprint density at radius 3 is 2.74 bits per heavy atom. The van der Waals surface area contributed by atoms with E-state index < -0.39 is 12.0 Å². The molecule has 102 valence electrons. The van der Waals surface area contributed by atoms with Crippen LogP contribution in [-0.2, 0) is 6.18 Å². The van der Waals surface area contributed by atoms with E-state index in [1.54, 1.807) is 6.92 Å². The maximum absolute atomic E-state index is 12.7. The van der Waals surface area contributed by atoms with Gasteiger partial charge in [-0.1, -0.05) is 0 Å². The Balaban J connectivity index is 2.34. The number of hydrogen-bond donors (Lipinski definition) is 1. The minimum Gasteiger partial charge on any atom is -0.370 e. The molecule has 5 nitrogen and oxygen atoms in total. The van der Waals surface area contributed by atoms with Crippen LogP contribution in [0.2, 0.25) is 0 Å². The molecule has 2 rings (SSSR count). The van der Waals surface area contributed by atoms with Crippen molar-refractivity contribution in [1.82, 2.24) is 19.3 Å². The summed E-state index contributed by atoms with van der Waals surface area (Å²) in [6.07, 6.45) is -3.24. The Hall–Kier alpha value is -1.42. The zero-order chi connectivity index (χ0) is 13.9. The lowest BCUT2D eigenvalue weighted by Gasteiger charge is -2.09. The molecule has 0 aliphatic heterocycles. The molecular weight excluding hydrogens is 299 g/mol. The highest BCUT2D eigenvalue weighted by Gasteiger charge is 2.35. The molecule has 0 saturated heterocycles. The zero-order valence-corrected chi connectivity index (χ0v) is 11.2. The van der Waals surface area contributed by atoms with Crippen molar-refractivity contribution < 1.29 is 13.2 Å². The first kappa shape index (κ1) is 14.0. The highest BCUT2D eigenvalue weighted by molar-refractivity contribution is 8.00. The first-order valence-electron chi connectivity index (χ1n) is 5.13. The summed E-state index contributed by atoms with van der Waals surface area (Å²) >= 11 is 2.11. The van der Waals surface area contributed by atoms with Crippen LogP contribution in [0, 0.1) is 0 Å². The van der Waals surface area contributed by atoms with Crippen LogP contribution in [0.4, 0.5) is 19.0 Å². The smallest absolute Gasteiger partial charge is 0.370 e. The molecule has 19 heavy (non-hydrogen) atoms. The van der Waals surface area contributed by atoms with Gasteiger partial charge < -0.3 is 5.32 Å². The first-order chi connectivity index (χ1) is 8.99. The van der Waals surface area contributed by atoms with Gasteiger partial charge in [0.15, 0.2) is 4.34 Å². The van der Waals surface area contributed by atoms with Crippen LogP contribution in [0.25, 0.3) is 0 Å². The van der Waals surface area contributed by atoms with Gasteiger partial charge in [-0.05, 0) is 30.2 Å². The molecule has 0 aliphatic rings. The van der Waals surface area contributed by atoms with E-state index in [1.165, 1.54) is 12.4 Å². The van der Waals surface area contributed by atoms with Crippen LogP contribution in [0.5, 0.6) is 0 Å². The summed E-state index contributed by atoms with van der Waals surface area (Å²) in [5.74, 6) is -1.03. The highest BCUT2D eigenvalue weighted by Crippen LogP contribution is 2.32. The van der Waals surface area contributed by atoms with Crippen molar-refractivity contribution in [3.8, 4) is 0 Å². The molecule has 0 spiro atoms. The van der Waals surface area contributed by atoms with Crippen LogP contribution in [0.1, 0.15) is 12.7 Å². The number of rotatable bonds is 4. The van der Waals surface area contributed by atoms with E-state index in [1.807, 2.05) is 0 Å². The summed E-state index contributed by atoms with van der Waals surface area (Å²) in [5, 5.41) is 2.92. The second kappa shape index (κ2) is 5.70. The summed E-state index contributed by atoms with van der Waals surface area (Å²) in [6.45, 7) is 2.24. The number of aromatic nitrogens is 4. The van der Waals surface area contributed by atoms with Gasteiger partial charge in [-0.15, -0.1) is 0 Å². The molecule has 0 aromatic carbocycles. The van der Waals surface area contributed by atoms with E-state index in [-0.39, 0.29) is 10.8 Å². The average molecular weight is 307 g/mol. The Bertz CT molecular complexity index is 543. The summed E-state index contributed by atoms with van der Waals surface area (Å²) < 4.78 is 42.3. The lowest BCUT2D eigenvalue weighted by atomic mass is 10.5. The number of nitrogens with one attached hydrogen (secondary N) is 1. The normalized spacial score (nSPS) is 11.6. The molecule has 0 unspecified atom stereocenters. The third-order valence-corrected chi connectivity index (χ3v) is 3.48. The molecule has 1 N–H and O–H groups in total. The van der Waals surface area contributed by atoms with E-state index >= 15 is 0 Å². The van der Waals surface area contributed by atoms with Crippen molar-refractivity contribution in [1.29, 1.82) is 0 Å². The monoisotopic (exact) mass is 307 g/mol. The second-order valence-electron chi connectivity index (χ2n) is 3.25. The van der Waals surface area contributed by atoms with Gasteiger partial charge >= 0.3 is 6.18 Å². The largest absolute Gasteiger partial charge is 0.451 e. The third kappa shape index (κ3) is 3.77. The number of alkyl halides is 3. The Kier molecular flexibility index (Phi) is 4.20. The molecule has 2 aromatic rings. The van der Waals surface area contributed by atoms with Gasteiger partial charge in [-0.25, -0.2) is 15.0 Å². The fraction of sp³-hybridized carbons (Fsp3) is 0.333. The first-order valence-corrected chi connectivity index (χ1v) is 6.72. The van der Waals surface area contributed by atoms with E-state index in [0.717, 1.165) is 23.3 Å². The van der Waals surface area contributed by atoms with E-state index in [0.29, 0.717) is 10.9 Å². The van der Waals surface area contributed by atoms with Crippen LogP contribution >= 0.6 is 23.3 Å². The number of anilines is 1.